The monoisotopic (exact) mass is 520 g/mol. The quantitative estimate of drug-likeness (QED) is 0.144. The van der Waals surface area contributed by atoms with E-state index in [2.05, 4.69) is 14.2 Å². The SMILES string of the molecule is CCOC(=O)C(OCCCC(F)(F)C(F)(F)[SH](=O)=O)(OC(=O)OC1CCCCC1)C(F)(F)F. The van der Waals surface area contributed by atoms with Crippen molar-refractivity contribution in [2.45, 2.75) is 81.1 Å². The van der Waals surface area contributed by atoms with Crippen molar-refractivity contribution in [2.75, 3.05) is 13.2 Å². The summed E-state index contributed by atoms with van der Waals surface area (Å²) in [7, 11) is -4.89. The van der Waals surface area contributed by atoms with Gasteiger partial charge in [-0.2, -0.15) is 30.7 Å². The average molecular weight is 520 g/mol. The Morgan fingerprint density at radius 1 is 0.970 bits per heavy atom. The first-order valence-corrected chi connectivity index (χ1v) is 11.0. The van der Waals surface area contributed by atoms with Crippen LogP contribution in [0, 0.1) is 0 Å². The van der Waals surface area contributed by atoms with E-state index in [1.807, 2.05) is 0 Å². The van der Waals surface area contributed by atoms with Crippen molar-refractivity contribution in [3.63, 3.8) is 0 Å². The van der Waals surface area contributed by atoms with Crippen molar-refractivity contribution in [3.8, 4) is 0 Å². The minimum atomic E-state index is -5.78. The summed E-state index contributed by atoms with van der Waals surface area (Å²) in [6, 6.07) is 0. The molecule has 1 unspecified atom stereocenters. The maximum absolute atomic E-state index is 13.7. The summed E-state index contributed by atoms with van der Waals surface area (Å²) in [6.45, 7) is -0.968. The second-order valence-corrected chi connectivity index (χ2v) is 8.10. The standard InChI is InChI=1S/C17H23F7O8S/c1-2-29-12(25)15(16(20,21)22,32-13(26)31-11-7-4-3-5-8-11)30-10-6-9-14(18,19)17(23,24)33(27)28/h11,33H,2-10H2,1H3. The first-order chi connectivity index (χ1) is 15.1. The van der Waals surface area contributed by atoms with Gasteiger partial charge in [0, 0.05) is 6.42 Å². The molecule has 16 heteroatoms. The highest BCUT2D eigenvalue weighted by Crippen LogP contribution is 2.40. The second-order valence-electron chi connectivity index (χ2n) is 7.02. The van der Waals surface area contributed by atoms with Crippen molar-refractivity contribution in [2.24, 2.45) is 0 Å². The molecule has 0 heterocycles. The molecular weight excluding hydrogens is 497 g/mol. The summed E-state index contributed by atoms with van der Waals surface area (Å²) in [5.41, 5.74) is 0. The van der Waals surface area contributed by atoms with Crippen LogP contribution in [0.5, 0.6) is 0 Å². The van der Waals surface area contributed by atoms with E-state index in [1.54, 1.807) is 0 Å². The van der Waals surface area contributed by atoms with Gasteiger partial charge in [-0.1, -0.05) is 6.42 Å². The number of thiol groups is 1. The fraction of sp³-hybridized carbons (Fsp3) is 0.882. The molecule has 0 spiro atoms. The molecule has 0 amide bonds. The molecule has 33 heavy (non-hydrogen) atoms. The van der Waals surface area contributed by atoms with Gasteiger partial charge in [-0.15, -0.1) is 0 Å². The predicted molar refractivity (Wildman–Crippen MR) is 95.3 cm³/mol. The lowest BCUT2D eigenvalue weighted by Gasteiger charge is -2.32. The number of ether oxygens (including phenoxy) is 4. The van der Waals surface area contributed by atoms with Gasteiger partial charge in [0.2, 0.25) is 10.7 Å². The molecule has 0 radical (unpaired) electrons. The third kappa shape index (κ3) is 7.32. The Balaban J connectivity index is 2.99. The Bertz CT molecular complexity index is 742. The van der Waals surface area contributed by atoms with E-state index in [-0.39, 0.29) is 0 Å². The number of carbonyl (C=O) groups excluding carboxylic acids is 2. The molecule has 0 aromatic rings. The molecule has 0 aromatic carbocycles. The van der Waals surface area contributed by atoms with Crippen LogP contribution in [0.25, 0.3) is 0 Å². The Labute approximate surface area is 185 Å². The van der Waals surface area contributed by atoms with Gasteiger partial charge >= 0.3 is 35.3 Å². The molecule has 0 bridgehead atoms. The van der Waals surface area contributed by atoms with Crippen LogP contribution in [0.15, 0.2) is 0 Å². The molecule has 8 nitrogen and oxygen atoms in total. The van der Waals surface area contributed by atoms with E-state index >= 15 is 0 Å². The Morgan fingerprint density at radius 3 is 2.03 bits per heavy atom. The summed E-state index contributed by atoms with van der Waals surface area (Å²) in [5, 5.41) is -5.47. The van der Waals surface area contributed by atoms with Crippen molar-refractivity contribution < 1.29 is 67.7 Å². The normalized spacial score (nSPS) is 18.0. The highest BCUT2D eigenvalue weighted by molar-refractivity contribution is 7.73. The third-order valence-corrected chi connectivity index (χ3v) is 5.36. The number of rotatable bonds is 11. The van der Waals surface area contributed by atoms with Crippen molar-refractivity contribution in [1.82, 2.24) is 0 Å². The van der Waals surface area contributed by atoms with Crippen LogP contribution in [0.1, 0.15) is 51.9 Å². The zero-order valence-electron chi connectivity index (χ0n) is 17.3. The van der Waals surface area contributed by atoms with E-state index < -0.39 is 78.1 Å². The fourth-order valence-corrected chi connectivity index (χ4v) is 3.25. The summed E-state index contributed by atoms with van der Waals surface area (Å²) >= 11 is 0. The Kier molecular flexibility index (Phi) is 10.2. The Hall–Kier alpha value is -1.84. The second kappa shape index (κ2) is 11.5. The van der Waals surface area contributed by atoms with Crippen LogP contribution in [-0.4, -0.2) is 63.0 Å². The highest BCUT2D eigenvalue weighted by Gasteiger charge is 2.68. The van der Waals surface area contributed by atoms with Gasteiger partial charge in [0.15, 0.2) is 0 Å². The summed E-state index contributed by atoms with van der Waals surface area (Å²) < 4.78 is 132. The molecule has 1 rings (SSSR count). The molecular formula is C17H23F7O8S. The third-order valence-electron chi connectivity index (χ3n) is 4.57. The van der Waals surface area contributed by atoms with Gasteiger partial charge in [-0.25, -0.2) is 18.0 Å². The van der Waals surface area contributed by atoms with Gasteiger partial charge in [0.1, 0.15) is 6.10 Å². The molecule has 1 fully saturated rings. The van der Waals surface area contributed by atoms with Crippen LogP contribution in [-0.2, 0) is 34.4 Å². The summed E-state index contributed by atoms with van der Waals surface area (Å²) in [5.74, 6) is -11.8. The Morgan fingerprint density at radius 2 is 1.55 bits per heavy atom. The van der Waals surface area contributed by atoms with Crippen LogP contribution in [0.3, 0.4) is 0 Å². The lowest BCUT2D eigenvalue weighted by atomic mass is 9.98. The largest absolute Gasteiger partial charge is 0.511 e. The zero-order chi connectivity index (χ0) is 25.5. The predicted octanol–water partition coefficient (Wildman–Crippen LogP) is 3.93. The average Bonchev–Trinajstić information content (AvgIpc) is 2.69. The van der Waals surface area contributed by atoms with Crippen molar-refractivity contribution in [3.05, 3.63) is 0 Å². The molecule has 194 valence electrons. The number of carbonyl (C=O) groups is 2. The summed E-state index contributed by atoms with van der Waals surface area (Å²) in [4.78, 5) is 24.0. The molecule has 1 atom stereocenters. The molecule has 0 N–H and O–H groups in total. The lowest BCUT2D eigenvalue weighted by molar-refractivity contribution is -0.354. The van der Waals surface area contributed by atoms with Gasteiger partial charge in [-0.05, 0) is 39.0 Å². The van der Waals surface area contributed by atoms with Crippen molar-refractivity contribution >= 4 is 22.8 Å². The van der Waals surface area contributed by atoms with Gasteiger partial charge < -0.3 is 18.9 Å². The van der Waals surface area contributed by atoms with Crippen LogP contribution in [0.2, 0.25) is 0 Å². The minimum absolute atomic E-state index is 0.333. The van der Waals surface area contributed by atoms with E-state index in [4.69, 9.17) is 4.74 Å². The number of hydrogen-bond donors (Lipinski definition) is 1. The van der Waals surface area contributed by atoms with E-state index in [0.29, 0.717) is 25.7 Å². The number of halogens is 7. The zero-order valence-corrected chi connectivity index (χ0v) is 18.2. The van der Waals surface area contributed by atoms with Crippen LogP contribution >= 0.6 is 0 Å². The minimum Gasteiger partial charge on any atom is -0.461 e. The van der Waals surface area contributed by atoms with E-state index in [9.17, 15) is 48.7 Å². The van der Waals surface area contributed by atoms with Crippen LogP contribution < -0.4 is 0 Å². The fourth-order valence-electron chi connectivity index (χ4n) is 2.87. The maximum atomic E-state index is 13.7. The number of alkyl halides is 7. The van der Waals surface area contributed by atoms with Gasteiger partial charge in [-0.3, -0.25) is 0 Å². The molecule has 0 aromatic heterocycles. The summed E-state index contributed by atoms with van der Waals surface area (Å²) in [6.07, 6.45) is -8.96. The topological polar surface area (TPSA) is 105 Å². The highest BCUT2D eigenvalue weighted by atomic mass is 32.2. The maximum Gasteiger partial charge on any atom is 0.511 e. The first-order valence-electron chi connectivity index (χ1n) is 9.78. The van der Waals surface area contributed by atoms with Gasteiger partial charge in [0.05, 0.1) is 13.2 Å². The lowest BCUT2D eigenvalue weighted by Crippen LogP contribution is -2.58. The molecule has 1 saturated carbocycles. The van der Waals surface area contributed by atoms with E-state index in [0.717, 1.165) is 13.3 Å². The first kappa shape index (κ1) is 29.2. The smallest absolute Gasteiger partial charge is 0.461 e. The number of esters is 1. The molecule has 1 aliphatic rings. The number of hydrogen-bond acceptors (Lipinski definition) is 8. The molecule has 1 aliphatic carbocycles. The van der Waals surface area contributed by atoms with Gasteiger partial charge in [0.25, 0.3) is 0 Å². The van der Waals surface area contributed by atoms with E-state index in [1.165, 1.54) is 0 Å². The van der Waals surface area contributed by atoms with Crippen molar-refractivity contribution in [1.29, 1.82) is 0 Å². The molecule has 0 saturated heterocycles. The molecule has 0 aliphatic heterocycles. The van der Waals surface area contributed by atoms with Crippen LogP contribution in [0.4, 0.5) is 35.5 Å².